The molecule has 0 aliphatic heterocycles. The molecule has 0 unspecified atom stereocenters. The van der Waals surface area contributed by atoms with E-state index in [1.165, 1.54) is 0 Å². The average Bonchev–Trinajstić information content (AvgIpc) is 2.46. The minimum atomic E-state index is -0.0441. The molecular formula is C19H28N4. The van der Waals surface area contributed by atoms with Crippen LogP contribution in [0, 0.1) is 5.92 Å². The maximum atomic E-state index is 4.67. The molecule has 2 aromatic rings. The third-order valence-electron chi connectivity index (χ3n) is 3.30. The Bertz CT molecular complexity index is 615. The number of hydrogen-bond donors (Lipinski definition) is 2. The van der Waals surface area contributed by atoms with Gasteiger partial charge in [-0.2, -0.15) is 4.98 Å². The zero-order valence-electron chi connectivity index (χ0n) is 14.9. The van der Waals surface area contributed by atoms with Crippen LogP contribution in [0.4, 0.5) is 11.8 Å². The Morgan fingerprint density at radius 3 is 2.35 bits per heavy atom. The Kier molecular flexibility index (Phi) is 5.59. The highest BCUT2D eigenvalue weighted by atomic mass is 15.2. The first-order valence-corrected chi connectivity index (χ1v) is 8.30. The van der Waals surface area contributed by atoms with Crippen LogP contribution < -0.4 is 10.6 Å². The predicted molar refractivity (Wildman–Crippen MR) is 98.8 cm³/mol. The third-order valence-corrected chi connectivity index (χ3v) is 3.30. The molecule has 0 atom stereocenters. The van der Waals surface area contributed by atoms with Gasteiger partial charge < -0.3 is 10.6 Å². The fourth-order valence-corrected chi connectivity index (χ4v) is 2.20. The second-order valence-electron chi connectivity index (χ2n) is 7.31. The van der Waals surface area contributed by atoms with Crippen LogP contribution in [0.5, 0.6) is 0 Å². The molecule has 2 N–H and O–H groups in total. The lowest BCUT2D eigenvalue weighted by Gasteiger charge is -2.22. The van der Waals surface area contributed by atoms with Crippen LogP contribution in [0.25, 0.3) is 11.3 Å². The molecule has 124 valence electrons. The molecule has 1 aromatic heterocycles. The number of nitrogens with one attached hydrogen (secondary N) is 2. The zero-order chi connectivity index (χ0) is 16.9. The SMILES string of the molecule is CC(C)CCNc1nc(NC(C)(C)C)cc(-c2ccccc2)n1. The molecule has 0 spiro atoms. The Hall–Kier alpha value is -2.10. The van der Waals surface area contributed by atoms with E-state index in [0.717, 1.165) is 30.0 Å². The van der Waals surface area contributed by atoms with E-state index in [1.54, 1.807) is 0 Å². The molecule has 0 amide bonds. The summed E-state index contributed by atoms with van der Waals surface area (Å²) in [5.41, 5.74) is 1.98. The van der Waals surface area contributed by atoms with Crippen LogP contribution in [0.1, 0.15) is 41.0 Å². The van der Waals surface area contributed by atoms with Crippen molar-refractivity contribution in [3.8, 4) is 11.3 Å². The quantitative estimate of drug-likeness (QED) is 0.803. The summed E-state index contributed by atoms with van der Waals surface area (Å²) in [5, 5.41) is 6.79. The fourth-order valence-electron chi connectivity index (χ4n) is 2.20. The van der Waals surface area contributed by atoms with E-state index in [0.29, 0.717) is 11.9 Å². The second-order valence-corrected chi connectivity index (χ2v) is 7.31. The number of benzene rings is 1. The van der Waals surface area contributed by atoms with Crippen LogP contribution in [-0.2, 0) is 0 Å². The summed E-state index contributed by atoms with van der Waals surface area (Å²) in [7, 11) is 0. The van der Waals surface area contributed by atoms with E-state index in [-0.39, 0.29) is 5.54 Å². The highest BCUT2D eigenvalue weighted by Gasteiger charge is 2.13. The molecule has 0 saturated heterocycles. The van der Waals surface area contributed by atoms with Crippen molar-refractivity contribution in [2.45, 2.75) is 46.6 Å². The van der Waals surface area contributed by atoms with Crippen LogP contribution in [-0.4, -0.2) is 22.1 Å². The molecule has 0 saturated carbocycles. The standard InChI is InChI=1S/C19H28N4/c1-14(2)11-12-20-18-21-16(15-9-7-6-8-10-15)13-17(22-18)23-19(3,4)5/h6-10,13-14H,11-12H2,1-5H3,(H2,20,21,22,23). The first kappa shape index (κ1) is 17.3. The highest BCUT2D eigenvalue weighted by Crippen LogP contribution is 2.23. The maximum Gasteiger partial charge on any atom is 0.225 e. The number of nitrogens with zero attached hydrogens (tertiary/aromatic N) is 2. The normalized spacial score (nSPS) is 11.6. The Morgan fingerprint density at radius 1 is 1.04 bits per heavy atom. The van der Waals surface area contributed by atoms with Crippen LogP contribution >= 0.6 is 0 Å². The van der Waals surface area contributed by atoms with Gasteiger partial charge in [-0.1, -0.05) is 44.2 Å². The van der Waals surface area contributed by atoms with Crippen molar-refractivity contribution in [2.24, 2.45) is 5.92 Å². The minimum Gasteiger partial charge on any atom is -0.365 e. The first-order valence-electron chi connectivity index (χ1n) is 8.30. The van der Waals surface area contributed by atoms with Crippen molar-refractivity contribution < 1.29 is 0 Å². The monoisotopic (exact) mass is 312 g/mol. The molecule has 1 heterocycles. The Labute approximate surface area is 139 Å². The topological polar surface area (TPSA) is 49.8 Å². The van der Waals surface area contributed by atoms with Crippen LogP contribution in [0.3, 0.4) is 0 Å². The van der Waals surface area contributed by atoms with Crippen molar-refractivity contribution in [1.82, 2.24) is 9.97 Å². The zero-order valence-corrected chi connectivity index (χ0v) is 14.9. The predicted octanol–water partition coefficient (Wildman–Crippen LogP) is 4.81. The van der Waals surface area contributed by atoms with Crippen molar-refractivity contribution in [1.29, 1.82) is 0 Å². The highest BCUT2D eigenvalue weighted by molar-refractivity contribution is 5.64. The van der Waals surface area contributed by atoms with Gasteiger partial charge in [-0.3, -0.25) is 0 Å². The summed E-state index contributed by atoms with van der Waals surface area (Å²) in [5.74, 6) is 2.18. The maximum absolute atomic E-state index is 4.67. The molecule has 0 bridgehead atoms. The van der Waals surface area contributed by atoms with Gasteiger partial charge in [0.1, 0.15) is 5.82 Å². The molecule has 0 aliphatic carbocycles. The van der Waals surface area contributed by atoms with E-state index >= 15 is 0 Å². The van der Waals surface area contributed by atoms with E-state index in [2.05, 4.69) is 67.4 Å². The van der Waals surface area contributed by atoms with Gasteiger partial charge in [-0.25, -0.2) is 4.98 Å². The Balaban J connectivity index is 2.28. The third kappa shape index (κ3) is 5.89. The smallest absolute Gasteiger partial charge is 0.225 e. The first-order chi connectivity index (χ1) is 10.8. The minimum absolute atomic E-state index is 0.0441. The lowest BCUT2D eigenvalue weighted by Crippen LogP contribution is -2.27. The van der Waals surface area contributed by atoms with E-state index in [9.17, 15) is 0 Å². The van der Waals surface area contributed by atoms with Crippen molar-refractivity contribution in [3.05, 3.63) is 36.4 Å². The fraction of sp³-hybridized carbons (Fsp3) is 0.474. The van der Waals surface area contributed by atoms with Gasteiger partial charge in [-0.15, -0.1) is 0 Å². The number of aromatic nitrogens is 2. The van der Waals surface area contributed by atoms with Gasteiger partial charge in [0.15, 0.2) is 0 Å². The molecule has 4 heteroatoms. The summed E-state index contributed by atoms with van der Waals surface area (Å²) in [6.45, 7) is 11.7. The number of rotatable bonds is 6. The number of hydrogen-bond acceptors (Lipinski definition) is 4. The average molecular weight is 312 g/mol. The summed E-state index contributed by atoms with van der Waals surface area (Å²) < 4.78 is 0. The molecule has 0 radical (unpaired) electrons. The molecule has 2 rings (SSSR count). The van der Waals surface area contributed by atoms with E-state index in [4.69, 9.17) is 0 Å². The van der Waals surface area contributed by atoms with Gasteiger partial charge in [0.2, 0.25) is 5.95 Å². The summed E-state index contributed by atoms with van der Waals surface area (Å²) in [6, 6.07) is 12.2. The lowest BCUT2D eigenvalue weighted by molar-refractivity contribution is 0.605. The second kappa shape index (κ2) is 7.44. The summed E-state index contributed by atoms with van der Waals surface area (Å²) in [6.07, 6.45) is 1.10. The Morgan fingerprint density at radius 2 is 1.74 bits per heavy atom. The van der Waals surface area contributed by atoms with Crippen molar-refractivity contribution >= 4 is 11.8 Å². The van der Waals surface area contributed by atoms with Gasteiger partial charge >= 0.3 is 0 Å². The summed E-state index contributed by atoms with van der Waals surface area (Å²) >= 11 is 0. The summed E-state index contributed by atoms with van der Waals surface area (Å²) in [4.78, 5) is 9.28. The molecule has 0 fully saturated rings. The van der Waals surface area contributed by atoms with Crippen molar-refractivity contribution in [2.75, 3.05) is 17.2 Å². The largest absolute Gasteiger partial charge is 0.365 e. The molecule has 0 aliphatic rings. The lowest BCUT2D eigenvalue weighted by atomic mass is 10.1. The van der Waals surface area contributed by atoms with Gasteiger partial charge in [0.25, 0.3) is 0 Å². The van der Waals surface area contributed by atoms with Crippen LogP contribution in [0.2, 0.25) is 0 Å². The van der Waals surface area contributed by atoms with Crippen molar-refractivity contribution in [3.63, 3.8) is 0 Å². The van der Waals surface area contributed by atoms with Gasteiger partial charge in [0, 0.05) is 23.7 Å². The molecular weight excluding hydrogens is 284 g/mol. The van der Waals surface area contributed by atoms with Crippen LogP contribution in [0.15, 0.2) is 36.4 Å². The van der Waals surface area contributed by atoms with E-state index in [1.807, 2.05) is 24.3 Å². The van der Waals surface area contributed by atoms with Gasteiger partial charge in [-0.05, 0) is 33.1 Å². The molecule has 23 heavy (non-hydrogen) atoms. The van der Waals surface area contributed by atoms with E-state index < -0.39 is 0 Å². The molecule has 1 aromatic carbocycles. The molecule has 4 nitrogen and oxygen atoms in total. The van der Waals surface area contributed by atoms with Gasteiger partial charge in [0.05, 0.1) is 5.69 Å². The number of anilines is 2.